The first-order chi connectivity index (χ1) is 9.13. The molecule has 0 bridgehead atoms. The average molecular weight is 290 g/mol. The van der Waals surface area contributed by atoms with Crippen molar-refractivity contribution in [3.05, 3.63) is 58.9 Å². The Morgan fingerprint density at radius 1 is 1.16 bits per heavy atom. The number of benzene rings is 2. The minimum atomic E-state index is -0.271. The fourth-order valence-electron chi connectivity index (χ4n) is 1.86. The molecule has 0 saturated carbocycles. The van der Waals surface area contributed by atoms with Crippen LogP contribution in [0.4, 0.5) is 10.1 Å². The average Bonchev–Trinajstić information content (AvgIpc) is 2.81. The van der Waals surface area contributed by atoms with E-state index in [0.29, 0.717) is 5.52 Å². The van der Waals surface area contributed by atoms with Crippen molar-refractivity contribution in [2.75, 3.05) is 5.73 Å². The molecule has 1 unspecified atom stereocenters. The molecule has 1 aromatic heterocycles. The van der Waals surface area contributed by atoms with Crippen molar-refractivity contribution in [2.24, 2.45) is 0 Å². The second kappa shape index (κ2) is 4.83. The Kier molecular flexibility index (Phi) is 3.16. The van der Waals surface area contributed by atoms with E-state index in [1.54, 1.807) is 6.07 Å². The maximum absolute atomic E-state index is 13.1. The summed E-state index contributed by atoms with van der Waals surface area (Å²) in [5.74, 6) is -0.271. The van der Waals surface area contributed by atoms with Crippen LogP contribution in [0, 0.1) is 5.82 Å². The van der Waals surface area contributed by atoms with Gasteiger partial charge in [0.05, 0.1) is 15.5 Å². The van der Waals surface area contributed by atoms with Gasteiger partial charge in [0.15, 0.2) is 0 Å². The first-order valence-electron chi connectivity index (χ1n) is 5.73. The summed E-state index contributed by atoms with van der Waals surface area (Å²) < 4.78 is 14.1. The third kappa shape index (κ3) is 2.43. The highest BCUT2D eigenvalue weighted by Gasteiger charge is 2.14. The molecule has 5 heteroatoms. The minimum Gasteiger partial charge on any atom is -0.399 e. The van der Waals surface area contributed by atoms with E-state index < -0.39 is 0 Å². The molecule has 0 saturated heterocycles. The van der Waals surface area contributed by atoms with E-state index in [4.69, 9.17) is 5.73 Å². The van der Waals surface area contributed by atoms with Crippen LogP contribution in [0.5, 0.6) is 0 Å². The van der Waals surface area contributed by atoms with Gasteiger partial charge < -0.3 is 5.73 Å². The van der Waals surface area contributed by atoms with Gasteiger partial charge in [0.25, 0.3) is 0 Å². The molecular formula is C14H11FN2S2. The number of hydrogen-bond donors (Lipinski definition) is 2. The van der Waals surface area contributed by atoms with Gasteiger partial charge in [0.1, 0.15) is 10.8 Å². The van der Waals surface area contributed by atoms with Gasteiger partial charge in [-0.05, 0) is 29.8 Å². The Hall–Kier alpha value is -1.59. The molecule has 3 rings (SSSR count). The molecule has 0 aliphatic heterocycles. The first-order valence-corrected chi connectivity index (χ1v) is 7.06. The Bertz CT molecular complexity index is 722. The summed E-state index contributed by atoms with van der Waals surface area (Å²) in [5.41, 5.74) is 8.08. The second-order valence-corrected chi connectivity index (χ2v) is 5.81. The topological polar surface area (TPSA) is 38.9 Å². The number of fused-ring (bicyclic) bond motifs is 1. The monoisotopic (exact) mass is 290 g/mol. The van der Waals surface area contributed by atoms with E-state index in [1.165, 1.54) is 23.5 Å². The molecule has 2 aromatic carbocycles. The number of rotatable bonds is 2. The van der Waals surface area contributed by atoms with Gasteiger partial charge in [-0.25, -0.2) is 9.37 Å². The lowest BCUT2D eigenvalue weighted by atomic mass is 10.1. The fraction of sp³-hybridized carbons (Fsp3) is 0.0714. The number of nitrogen functional groups attached to an aromatic ring is 1. The van der Waals surface area contributed by atoms with Gasteiger partial charge >= 0.3 is 0 Å². The Morgan fingerprint density at radius 3 is 2.63 bits per heavy atom. The summed E-state index contributed by atoms with van der Waals surface area (Å²) in [6, 6.07) is 12.2. The Morgan fingerprint density at radius 2 is 1.89 bits per heavy atom. The number of hydrogen-bond acceptors (Lipinski definition) is 4. The maximum atomic E-state index is 13.1. The number of nitrogens with two attached hydrogens (primary N) is 1. The number of aromatic nitrogens is 1. The van der Waals surface area contributed by atoms with E-state index in [0.717, 1.165) is 21.0 Å². The molecule has 0 spiro atoms. The van der Waals surface area contributed by atoms with Crippen molar-refractivity contribution in [3.63, 3.8) is 0 Å². The molecule has 0 fully saturated rings. The van der Waals surface area contributed by atoms with E-state index in [9.17, 15) is 4.39 Å². The highest BCUT2D eigenvalue weighted by molar-refractivity contribution is 7.81. The molecular weight excluding hydrogens is 279 g/mol. The van der Waals surface area contributed by atoms with Gasteiger partial charge in [0, 0.05) is 11.8 Å². The molecule has 0 aliphatic carbocycles. The Labute approximate surface area is 119 Å². The fourth-order valence-corrected chi connectivity index (χ4v) is 3.21. The lowest BCUT2D eigenvalue weighted by Gasteiger charge is -2.07. The van der Waals surface area contributed by atoms with Crippen molar-refractivity contribution in [3.8, 4) is 0 Å². The number of thiol groups is 1. The number of anilines is 1. The molecule has 19 heavy (non-hydrogen) atoms. The third-order valence-corrected chi connectivity index (χ3v) is 4.67. The van der Waals surface area contributed by atoms with Crippen LogP contribution in [0.2, 0.25) is 0 Å². The highest BCUT2D eigenvalue weighted by Crippen LogP contribution is 2.34. The maximum Gasteiger partial charge on any atom is 0.125 e. The van der Waals surface area contributed by atoms with Crippen LogP contribution in [0.3, 0.4) is 0 Å². The lowest BCUT2D eigenvalue weighted by molar-refractivity contribution is 0.629. The van der Waals surface area contributed by atoms with Crippen LogP contribution in [0.1, 0.15) is 15.8 Å². The molecule has 3 aromatic rings. The molecule has 1 atom stereocenters. The van der Waals surface area contributed by atoms with Gasteiger partial charge in [-0.3, -0.25) is 0 Å². The van der Waals surface area contributed by atoms with Crippen molar-refractivity contribution in [1.29, 1.82) is 0 Å². The van der Waals surface area contributed by atoms with Crippen LogP contribution < -0.4 is 5.73 Å². The normalized spacial score (nSPS) is 12.7. The molecule has 96 valence electrons. The highest BCUT2D eigenvalue weighted by atomic mass is 32.1. The van der Waals surface area contributed by atoms with E-state index in [2.05, 4.69) is 17.6 Å². The van der Waals surface area contributed by atoms with Gasteiger partial charge in [0.2, 0.25) is 0 Å². The van der Waals surface area contributed by atoms with Gasteiger partial charge in [-0.15, -0.1) is 11.3 Å². The summed E-state index contributed by atoms with van der Waals surface area (Å²) in [4.78, 5) is 4.44. The standard InChI is InChI=1S/C14H11FN2S2/c15-9-3-6-12-11(7-9)17-14(19-12)13(18)8-1-4-10(16)5-2-8/h1-7,13,18H,16H2. The third-order valence-electron chi connectivity index (χ3n) is 2.85. The number of thiazole rings is 1. The van der Waals surface area contributed by atoms with Crippen LogP contribution in [0.25, 0.3) is 10.2 Å². The summed E-state index contributed by atoms with van der Waals surface area (Å²) in [5, 5.41) is 0.731. The Balaban J connectivity index is 2.01. The largest absolute Gasteiger partial charge is 0.399 e. The van der Waals surface area contributed by atoms with E-state index >= 15 is 0 Å². The summed E-state index contributed by atoms with van der Waals surface area (Å²) in [6.45, 7) is 0. The predicted molar refractivity (Wildman–Crippen MR) is 81.3 cm³/mol. The zero-order valence-electron chi connectivity index (χ0n) is 9.88. The first kappa shape index (κ1) is 12.4. The molecule has 0 amide bonds. The smallest absolute Gasteiger partial charge is 0.125 e. The predicted octanol–water partition coefficient (Wildman–Crippen LogP) is 4.04. The number of nitrogens with zero attached hydrogens (tertiary/aromatic N) is 1. The summed E-state index contributed by atoms with van der Waals surface area (Å²) in [6.07, 6.45) is 0. The molecule has 2 nitrogen and oxygen atoms in total. The quantitative estimate of drug-likeness (QED) is 0.552. The molecule has 0 aliphatic rings. The minimum absolute atomic E-state index is 0.124. The van der Waals surface area contributed by atoms with E-state index in [-0.39, 0.29) is 11.1 Å². The summed E-state index contributed by atoms with van der Waals surface area (Å²) in [7, 11) is 0. The van der Waals surface area contributed by atoms with Crippen molar-refractivity contribution in [2.45, 2.75) is 5.25 Å². The van der Waals surface area contributed by atoms with Crippen LogP contribution >= 0.6 is 24.0 Å². The SMILES string of the molecule is Nc1ccc(C(S)c2nc3cc(F)ccc3s2)cc1. The zero-order chi connectivity index (χ0) is 13.4. The second-order valence-electron chi connectivity index (χ2n) is 4.23. The van der Waals surface area contributed by atoms with Crippen LogP contribution in [-0.2, 0) is 0 Å². The van der Waals surface area contributed by atoms with Crippen molar-refractivity contribution in [1.82, 2.24) is 4.98 Å². The zero-order valence-corrected chi connectivity index (χ0v) is 11.6. The van der Waals surface area contributed by atoms with Gasteiger partial charge in [-0.2, -0.15) is 12.6 Å². The van der Waals surface area contributed by atoms with Crippen molar-refractivity contribution < 1.29 is 4.39 Å². The van der Waals surface area contributed by atoms with Crippen molar-refractivity contribution >= 4 is 39.9 Å². The van der Waals surface area contributed by atoms with Crippen LogP contribution in [-0.4, -0.2) is 4.98 Å². The molecule has 2 N–H and O–H groups in total. The van der Waals surface area contributed by atoms with Crippen LogP contribution in [0.15, 0.2) is 42.5 Å². The van der Waals surface area contributed by atoms with E-state index in [1.807, 2.05) is 24.3 Å². The summed E-state index contributed by atoms with van der Waals surface area (Å²) >= 11 is 6.12. The molecule has 1 heterocycles. The van der Waals surface area contributed by atoms with Gasteiger partial charge in [-0.1, -0.05) is 12.1 Å². The number of halogens is 1. The molecule has 0 radical (unpaired) electrons. The lowest BCUT2D eigenvalue weighted by Crippen LogP contribution is -1.93.